The van der Waals surface area contributed by atoms with Gasteiger partial charge in [0.2, 0.25) is 0 Å². The monoisotopic (exact) mass is 250 g/mol. The van der Waals surface area contributed by atoms with Gasteiger partial charge in [0.1, 0.15) is 0 Å². The van der Waals surface area contributed by atoms with Gasteiger partial charge in [-0.25, -0.2) is 0 Å². The van der Waals surface area contributed by atoms with Crippen molar-refractivity contribution in [3.8, 4) is 0 Å². The molecule has 86 valence electrons. The topological polar surface area (TPSA) is 0 Å². The fourth-order valence-electron chi connectivity index (χ4n) is 1.82. The van der Waals surface area contributed by atoms with E-state index in [2.05, 4.69) is 45.0 Å². The van der Waals surface area contributed by atoms with Gasteiger partial charge >= 0.3 is 21.7 Å². The molecule has 0 aromatic heterocycles. The fraction of sp³-hybridized carbons (Fsp3) is 0.200. The summed E-state index contributed by atoms with van der Waals surface area (Å²) in [5, 5.41) is 2.82. The Morgan fingerprint density at radius 3 is 1.94 bits per heavy atom. The van der Waals surface area contributed by atoms with Crippen LogP contribution in [0.2, 0.25) is 0 Å². The van der Waals surface area contributed by atoms with E-state index >= 15 is 0 Å². The summed E-state index contributed by atoms with van der Waals surface area (Å²) >= 11 is 0. The zero-order valence-electron chi connectivity index (χ0n) is 11.3. The zero-order valence-corrected chi connectivity index (χ0v) is 12.9. The summed E-state index contributed by atoms with van der Waals surface area (Å²) in [5.41, 5.74) is 4.31. The standard InChI is InChI=1S/C12H13.3CH3.Ti/c1-8-9(2)11-6-4-5-7-12(11)10(8)3;;;;/h4-7H,1-3H3;3*1H3;/q4*-1;+4. The number of aryl methyl sites for hydroxylation is 2. The first-order valence-corrected chi connectivity index (χ1v) is 4.33. The normalized spacial score (nSPS) is 8.19. The summed E-state index contributed by atoms with van der Waals surface area (Å²) in [6.07, 6.45) is 0. The first-order valence-electron chi connectivity index (χ1n) is 4.33. The van der Waals surface area contributed by atoms with Gasteiger partial charge in [-0.15, -0.1) is 40.1 Å². The third-order valence-corrected chi connectivity index (χ3v) is 2.86. The largest absolute Gasteiger partial charge is 4.00 e. The molecular weight excluding hydrogens is 228 g/mol. The van der Waals surface area contributed by atoms with Crippen molar-refractivity contribution in [3.05, 3.63) is 63.2 Å². The van der Waals surface area contributed by atoms with E-state index in [0.29, 0.717) is 0 Å². The van der Waals surface area contributed by atoms with Crippen molar-refractivity contribution in [2.24, 2.45) is 0 Å². The van der Waals surface area contributed by atoms with Gasteiger partial charge in [-0.3, -0.25) is 0 Å². The summed E-state index contributed by atoms with van der Waals surface area (Å²) < 4.78 is 0. The van der Waals surface area contributed by atoms with E-state index in [9.17, 15) is 0 Å². The van der Waals surface area contributed by atoms with Crippen LogP contribution in [0.3, 0.4) is 0 Å². The Morgan fingerprint density at radius 2 is 1.44 bits per heavy atom. The van der Waals surface area contributed by atoms with E-state index in [1.165, 1.54) is 27.5 Å². The third-order valence-electron chi connectivity index (χ3n) is 2.86. The van der Waals surface area contributed by atoms with Crippen LogP contribution in [0.5, 0.6) is 0 Å². The zero-order chi connectivity index (χ0) is 8.72. The Bertz CT molecular complexity index is 385. The third kappa shape index (κ3) is 3.02. The first-order chi connectivity index (χ1) is 5.72. The molecule has 2 aromatic carbocycles. The van der Waals surface area contributed by atoms with Crippen LogP contribution in [0.4, 0.5) is 0 Å². The molecule has 0 saturated heterocycles. The summed E-state index contributed by atoms with van der Waals surface area (Å²) in [6.45, 7) is 6.60. The van der Waals surface area contributed by atoms with Gasteiger partial charge in [0.15, 0.2) is 0 Å². The molecular formula is C15H22Ti. The van der Waals surface area contributed by atoms with Crippen LogP contribution in [0, 0.1) is 43.1 Å². The van der Waals surface area contributed by atoms with E-state index in [4.69, 9.17) is 0 Å². The van der Waals surface area contributed by atoms with Crippen molar-refractivity contribution >= 4 is 10.8 Å². The Kier molecular flexibility index (Phi) is 10.1. The maximum atomic E-state index is 2.20. The van der Waals surface area contributed by atoms with Crippen molar-refractivity contribution in [1.82, 2.24) is 0 Å². The molecule has 0 heterocycles. The molecule has 0 saturated carbocycles. The minimum absolute atomic E-state index is 0. The smallest absolute Gasteiger partial charge is 0.358 e. The van der Waals surface area contributed by atoms with Gasteiger partial charge in [0, 0.05) is 0 Å². The molecule has 2 aromatic rings. The number of benzene rings is 1. The SMILES string of the molecule is Cc1c(C)[c-](C)c2ccccc12.[CH3-].[CH3-].[CH3-].[Ti+4]. The van der Waals surface area contributed by atoms with Crippen LogP contribution in [0.25, 0.3) is 10.8 Å². The second-order valence-electron chi connectivity index (χ2n) is 3.42. The maximum Gasteiger partial charge on any atom is 4.00 e. The summed E-state index contributed by atoms with van der Waals surface area (Å²) in [4.78, 5) is 0. The van der Waals surface area contributed by atoms with Crippen molar-refractivity contribution < 1.29 is 21.7 Å². The molecule has 0 aliphatic carbocycles. The van der Waals surface area contributed by atoms with E-state index < -0.39 is 0 Å². The molecule has 0 fully saturated rings. The quantitative estimate of drug-likeness (QED) is 0.464. The van der Waals surface area contributed by atoms with Gasteiger partial charge in [-0.2, -0.15) is 5.56 Å². The van der Waals surface area contributed by atoms with Crippen LogP contribution in [0.1, 0.15) is 16.7 Å². The first kappa shape index (κ1) is 20.9. The molecule has 0 bridgehead atoms. The van der Waals surface area contributed by atoms with Gasteiger partial charge in [-0.05, 0) is 0 Å². The second-order valence-corrected chi connectivity index (χ2v) is 3.42. The van der Waals surface area contributed by atoms with Crippen LogP contribution < -0.4 is 0 Å². The van der Waals surface area contributed by atoms with Gasteiger partial charge in [-0.1, -0.05) is 26.8 Å². The molecule has 0 atom stereocenters. The Balaban J connectivity index is -0.000000422. The summed E-state index contributed by atoms with van der Waals surface area (Å²) in [5.74, 6) is 0. The van der Waals surface area contributed by atoms with Crippen molar-refractivity contribution in [2.75, 3.05) is 0 Å². The Labute approximate surface area is 116 Å². The molecule has 0 amide bonds. The molecule has 0 nitrogen and oxygen atoms in total. The van der Waals surface area contributed by atoms with Crippen LogP contribution in [0.15, 0.2) is 24.3 Å². The molecule has 0 radical (unpaired) electrons. The Hall–Kier alpha value is -0.456. The minimum Gasteiger partial charge on any atom is -0.358 e. The van der Waals surface area contributed by atoms with Crippen LogP contribution >= 0.6 is 0 Å². The van der Waals surface area contributed by atoms with Gasteiger partial charge < -0.3 is 22.3 Å². The molecule has 0 aliphatic heterocycles. The second kappa shape index (κ2) is 7.76. The number of rotatable bonds is 0. The fourth-order valence-corrected chi connectivity index (χ4v) is 1.82. The van der Waals surface area contributed by atoms with E-state index in [1.54, 1.807) is 0 Å². The molecule has 1 heteroatoms. The van der Waals surface area contributed by atoms with E-state index in [1.807, 2.05) is 0 Å². The molecule has 0 N–H and O–H groups in total. The predicted molar refractivity (Wildman–Crippen MR) is 73.0 cm³/mol. The Morgan fingerprint density at radius 1 is 0.938 bits per heavy atom. The van der Waals surface area contributed by atoms with Crippen molar-refractivity contribution in [1.29, 1.82) is 0 Å². The number of hydrogen-bond acceptors (Lipinski definition) is 0. The molecule has 0 aliphatic rings. The maximum absolute atomic E-state index is 2.20. The molecule has 2 rings (SSSR count). The van der Waals surface area contributed by atoms with Crippen molar-refractivity contribution in [2.45, 2.75) is 20.8 Å². The summed E-state index contributed by atoms with van der Waals surface area (Å²) in [7, 11) is 0. The number of fused-ring (bicyclic) bond motifs is 1. The minimum atomic E-state index is 0. The van der Waals surface area contributed by atoms with Gasteiger partial charge in [0.05, 0.1) is 0 Å². The van der Waals surface area contributed by atoms with E-state index in [-0.39, 0.29) is 44.0 Å². The molecule has 0 unspecified atom stereocenters. The number of hydrogen-bond donors (Lipinski definition) is 0. The molecule has 16 heavy (non-hydrogen) atoms. The van der Waals surface area contributed by atoms with Crippen LogP contribution in [-0.4, -0.2) is 0 Å². The van der Waals surface area contributed by atoms with Crippen molar-refractivity contribution in [3.63, 3.8) is 0 Å². The van der Waals surface area contributed by atoms with E-state index in [0.717, 1.165) is 0 Å². The average Bonchev–Trinajstić information content (AvgIpc) is 2.33. The van der Waals surface area contributed by atoms with Crippen LogP contribution in [-0.2, 0) is 21.7 Å². The summed E-state index contributed by atoms with van der Waals surface area (Å²) in [6, 6.07) is 8.61. The predicted octanol–water partition coefficient (Wildman–Crippen LogP) is 4.83. The van der Waals surface area contributed by atoms with Gasteiger partial charge in [0.25, 0.3) is 0 Å². The average molecular weight is 250 g/mol. The molecule has 0 spiro atoms.